The maximum atomic E-state index is 8.63. The zero-order valence-corrected chi connectivity index (χ0v) is 11.4. The third-order valence-corrected chi connectivity index (χ3v) is 0. The molecular formula is H8Mo2N2NiO8. The summed E-state index contributed by atoms with van der Waals surface area (Å²) in [5.74, 6) is 0. The van der Waals surface area contributed by atoms with Gasteiger partial charge in [-0.25, -0.2) is 0 Å². The van der Waals surface area contributed by atoms with E-state index in [1.54, 1.807) is 0 Å². The van der Waals surface area contributed by atoms with Crippen LogP contribution in [-0.2, 0) is 63.6 Å². The molecule has 0 aromatic rings. The molecule has 0 saturated carbocycles. The molecule has 0 amide bonds. The Kier molecular flexibility index (Phi) is 24.5. The molecule has 0 unspecified atom stereocenters. The van der Waals surface area contributed by atoms with Gasteiger partial charge in [0.25, 0.3) is 0 Å². The Hall–Kier alpha value is 0.830. The van der Waals surface area contributed by atoms with Crippen molar-refractivity contribution in [3.8, 4) is 0 Å². The quantitative estimate of drug-likeness (QED) is 0.365. The first kappa shape index (κ1) is 29.2. The molecule has 0 radical (unpaired) electrons. The second-order valence-corrected chi connectivity index (χ2v) is 4.83. The van der Waals surface area contributed by atoms with Gasteiger partial charge in [-0.1, -0.05) is 0 Å². The van der Waals surface area contributed by atoms with E-state index in [4.69, 9.17) is 28.6 Å². The van der Waals surface area contributed by atoms with Crippen LogP contribution in [0.3, 0.4) is 0 Å². The van der Waals surface area contributed by atoms with Crippen molar-refractivity contribution in [3.63, 3.8) is 0 Å². The van der Waals surface area contributed by atoms with E-state index in [1.807, 2.05) is 0 Å². The van der Waals surface area contributed by atoms with Crippen LogP contribution in [0, 0.1) is 0 Å². The van der Waals surface area contributed by atoms with Crippen LogP contribution in [0.4, 0.5) is 0 Å². The standard InChI is InChI=1S/2Mo.2H3N.Ni.8O/h;;2*1H3;;;;;;;;;/q;;;;+2;;;;;4*-1/p+2. The van der Waals surface area contributed by atoms with Gasteiger partial charge in [0.15, 0.2) is 0 Å². The third kappa shape index (κ3) is 2180. The molecular weight excluding hydrogens is 407 g/mol. The molecule has 0 atom stereocenters. The van der Waals surface area contributed by atoms with E-state index >= 15 is 0 Å². The summed E-state index contributed by atoms with van der Waals surface area (Å²) >= 11 is -12.0. The fraction of sp³-hybridized carbons (Fsp3) is 0. The SMILES string of the molecule is [NH4+].[NH4+].[Ni+2].[O]=[Mo](=[O])([O-])[O-].[O]=[Mo](=[O])([O-])[O-]. The molecule has 0 aliphatic heterocycles. The van der Waals surface area contributed by atoms with Crippen molar-refractivity contribution in [2.45, 2.75) is 0 Å². The number of rotatable bonds is 0. The maximum absolute atomic E-state index is 8.63. The minimum atomic E-state index is -6.02. The molecule has 0 aliphatic rings. The summed E-state index contributed by atoms with van der Waals surface area (Å²) in [5.41, 5.74) is 0. The van der Waals surface area contributed by atoms with Crippen LogP contribution in [0.15, 0.2) is 0 Å². The fourth-order valence-corrected chi connectivity index (χ4v) is 0. The van der Waals surface area contributed by atoms with Gasteiger partial charge in [0.1, 0.15) is 0 Å². The van der Waals surface area contributed by atoms with Crippen LogP contribution < -0.4 is 27.3 Å². The molecule has 0 aliphatic carbocycles. The van der Waals surface area contributed by atoms with Crippen LogP contribution in [0.2, 0.25) is 0 Å². The summed E-state index contributed by atoms with van der Waals surface area (Å²) in [4.78, 5) is 0. The van der Waals surface area contributed by atoms with Gasteiger partial charge in [0.05, 0.1) is 0 Å². The Balaban J connectivity index is -0.0000000267. The van der Waals surface area contributed by atoms with Gasteiger partial charge in [-0.3, -0.25) is 0 Å². The molecule has 0 bridgehead atoms. The van der Waals surface area contributed by atoms with Gasteiger partial charge in [-0.05, 0) is 0 Å². The number of hydrogen-bond donors (Lipinski definition) is 2. The molecule has 13 heteroatoms. The van der Waals surface area contributed by atoms with Gasteiger partial charge in [0.2, 0.25) is 0 Å². The summed E-state index contributed by atoms with van der Waals surface area (Å²) in [7, 11) is 0. The van der Waals surface area contributed by atoms with Crippen LogP contribution in [0.1, 0.15) is 0 Å². The molecule has 88 valence electrons. The normalized spacial score (nSPS) is 8.92. The van der Waals surface area contributed by atoms with Gasteiger partial charge in [-0.2, -0.15) is 0 Å². The molecule has 0 saturated heterocycles. The van der Waals surface area contributed by atoms with Gasteiger partial charge in [0, 0.05) is 0 Å². The van der Waals surface area contributed by atoms with Crippen molar-refractivity contribution < 1.29 is 78.6 Å². The zero-order valence-electron chi connectivity index (χ0n) is 6.40. The van der Waals surface area contributed by atoms with Crippen LogP contribution in [0.25, 0.3) is 0 Å². The van der Waals surface area contributed by atoms with Gasteiger partial charge < -0.3 is 12.3 Å². The van der Waals surface area contributed by atoms with E-state index in [0.29, 0.717) is 0 Å². The molecule has 0 heterocycles. The van der Waals surface area contributed by atoms with Crippen LogP contribution >= 0.6 is 0 Å². The number of quaternary nitrogens is 2. The molecule has 8 N–H and O–H groups in total. The summed E-state index contributed by atoms with van der Waals surface area (Å²) in [6, 6.07) is 0. The minimum absolute atomic E-state index is 0. The predicted octanol–water partition coefficient (Wildman–Crippen LogP) is -4.49. The van der Waals surface area contributed by atoms with Crippen LogP contribution in [0.5, 0.6) is 0 Å². The Morgan fingerprint density at radius 1 is 0.615 bits per heavy atom. The average Bonchev–Trinajstić information content (AvgIpc) is 1.12. The monoisotopic (exact) mass is 418 g/mol. The third-order valence-electron chi connectivity index (χ3n) is 0. The Bertz CT molecular complexity index is 217. The first-order valence-electron chi connectivity index (χ1n) is 1.33. The summed E-state index contributed by atoms with van der Waals surface area (Å²) in [5, 5.41) is 0. The van der Waals surface area contributed by atoms with E-state index in [1.165, 1.54) is 0 Å². The van der Waals surface area contributed by atoms with Crippen molar-refractivity contribution in [2.75, 3.05) is 0 Å². The van der Waals surface area contributed by atoms with E-state index in [0.717, 1.165) is 0 Å². The summed E-state index contributed by atoms with van der Waals surface area (Å²) in [6.45, 7) is 0. The molecule has 0 fully saturated rings. The van der Waals surface area contributed by atoms with Crippen molar-refractivity contribution in [3.05, 3.63) is 0 Å². The van der Waals surface area contributed by atoms with Crippen LogP contribution in [-0.4, -0.2) is 0 Å². The zero-order chi connectivity index (χ0) is 9.00. The van der Waals surface area contributed by atoms with Crippen molar-refractivity contribution in [2.24, 2.45) is 0 Å². The van der Waals surface area contributed by atoms with Crippen molar-refractivity contribution in [1.82, 2.24) is 12.3 Å². The van der Waals surface area contributed by atoms with Crippen molar-refractivity contribution >= 4 is 0 Å². The second-order valence-electron chi connectivity index (χ2n) is 0.816. The molecule has 13 heavy (non-hydrogen) atoms. The Labute approximate surface area is 90.5 Å². The van der Waals surface area contributed by atoms with E-state index in [2.05, 4.69) is 0 Å². The topological polar surface area (TPSA) is 234 Å². The first-order valence-corrected chi connectivity index (χ1v) is 7.89. The molecule has 0 aromatic carbocycles. The second kappa shape index (κ2) is 10.9. The Morgan fingerprint density at radius 2 is 0.615 bits per heavy atom. The van der Waals surface area contributed by atoms with E-state index in [9.17, 15) is 0 Å². The van der Waals surface area contributed by atoms with Gasteiger partial charge in [-0.15, -0.1) is 0 Å². The first-order chi connectivity index (χ1) is 4.00. The fourth-order valence-electron chi connectivity index (χ4n) is 0. The van der Waals surface area contributed by atoms with E-state index < -0.39 is 33.5 Å². The predicted molar refractivity (Wildman–Crippen MR) is 14.7 cm³/mol. The molecule has 0 spiro atoms. The number of hydrogen-bond acceptors (Lipinski definition) is 8. The Morgan fingerprint density at radius 3 is 0.615 bits per heavy atom. The molecule has 0 rings (SSSR count). The summed E-state index contributed by atoms with van der Waals surface area (Å²) < 4.78 is 69.0. The summed E-state index contributed by atoms with van der Waals surface area (Å²) in [6.07, 6.45) is 0. The van der Waals surface area contributed by atoms with Crippen molar-refractivity contribution in [1.29, 1.82) is 0 Å². The molecule has 0 aromatic heterocycles. The average molecular weight is 415 g/mol. The van der Waals surface area contributed by atoms with Gasteiger partial charge >= 0.3 is 78.6 Å². The molecule has 10 nitrogen and oxygen atoms in total. The van der Waals surface area contributed by atoms with E-state index in [-0.39, 0.29) is 28.8 Å².